The third kappa shape index (κ3) is 1.68. The average molecular weight is 246 g/mol. The molecule has 1 aliphatic carbocycles. The molecule has 1 atom stereocenters. The zero-order chi connectivity index (χ0) is 12.9. The Morgan fingerprint density at radius 2 is 2.17 bits per heavy atom. The SMILES string of the molecule is CC1(C)CC1c1noc(N)c1-c1cccc(F)c1. The quantitative estimate of drug-likeness (QED) is 0.881. The predicted octanol–water partition coefficient (Wildman–Crippen LogP) is 3.58. The molecular formula is C14H15FN2O. The van der Waals surface area contributed by atoms with Crippen LogP contribution in [0.5, 0.6) is 0 Å². The first-order valence-corrected chi connectivity index (χ1v) is 6.00. The summed E-state index contributed by atoms with van der Waals surface area (Å²) in [6.45, 7) is 4.36. The number of rotatable bonds is 2. The summed E-state index contributed by atoms with van der Waals surface area (Å²) in [5.74, 6) is 0.323. The summed E-state index contributed by atoms with van der Waals surface area (Å²) in [5, 5.41) is 4.06. The average Bonchev–Trinajstić information content (AvgIpc) is 2.77. The van der Waals surface area contributed by atoms with E-state index in [9.17, 15) is 4.39 Å². The van der Waals surface area contributed by atoms with Crippen LogP contribution < -0.4 is 5.73 Å². The zero-order valence-electron chi connectivity index (χ0n) is 10.4. The van der Waals surface area contributed by atoms with Gasteiger partial charge in [0.1, 0.15) is 5.82 Å². The Morgan fingerprint density at radius 3 is 2.78 bits per heavy atom. The minimum absolute atomic E-state index is 0.228. The molecule has 1 saturated carbocycles. The lowest BCUT2D eigenvalue weighted by molar-refractivity contribution is 0.424. The molecule has 0 bridgehead atoms. The van der Waals surface area contributed by atoms with Gasteiger partial charge in [-0.05, 0) is 29.5 Å². The lowest BCUT2D eigenvalue weighted by Gasteiger charge is -2.04. The summed E-state index contributed by atoms with van der Waals surface area (Å²) in [4.78, 5) is 0. The summed E-state index contributed by atoms with van der Waals surface area (Å²) in [7, 11) is 0. The second kappa shape index (κ2) is 3.57. The summed E-state index contributed by atoms with van der Waals surface area (Å²) >= 11 is 0. The Bertz CT molecular complexity index is 604. The Hall–Kier alpha value is -1.84. The van der Waals surface area contributed by atoms with Crippen molar-refractivity contribution in [1.29, 1.82) is 0 Å². The normalized spacial score (nSPS) is 20.9. The standard InChI is InChI=1S/C14H15FN2O/c1-14(2)7-10(14)12-11(13(16)18-17-12)8-4-3-5-9(15)6-8/h3-6,10H,7,16H2,1-2H3. The van der Waals surface area contributed by atoms with Gasteiger partial charge in [0, 0.05) is 5.92 Å². The van der Waals surface area contributed by atoms with E-state index in [1.165, 1.54) is 12.1 Å². The van der Waals surface area contributed by atoms with Gasteiger partial charge in [-0.3, -0.25) is 0 Å². The van der Waals surface area contributed by atoms with Crippen molar-refractivity contribution < 1.29 is 8.91 Å². The molecule has 2 aromatic rings. The van der Waals surface area contributed by atoms with Crippen LogP contribution in [0, 0.1) is 11.2 Å². The molecule has 4 heteroatoms. The van der Waals surface area contributed by atoms with Gasteiger partial charge in [-0.2, -0.15) is 0 Å². The first-order valence-electron chi connectivity index (χ1n) is 6.00. The molecule has 3 nitrogen and oxygen atoms in total. The van der Waals surface area contributed by atoms with E-state index in [-0.39, 0.29) is 17.1 Å². The Kier molecular flexibility index (Phi) is 2.24. The number of benzene rings is 1. The van der Waals surface area contributed by atoms with E-state index in [1.807, 2.05) is 6.07 Å². The summed E-state index contributed by atoms with van der Waals surface area (Å²) < 4.78 is 18.4. The highest BCUT2D eigenvalue weighted by Crippen LogP contribution is 2.60. The van der Waals surface area contributed by atoms with E-state index in [0.717, 1.165) is 23.2 Å². The molecular weight excluding hydrogens is 231 g/mol. The second-order valence-corrected chi connectivity index (χ2v) is 5.56. The maximum absolute atomic E-state index is 13.3. The number of anilines is 1. The molecule has 18 heavy (non-hydrogen) atoms. The minimum Gasteiger partial charge on any atom is -0.367 e. The molecule has 0 radical (unpaired) electrons. The van der Waals surface area contributed by atoms with Crippen molar-refractivity contribution in [2.45, 2.75) is 26.2 Å². The largest absolute Gasteiger partial charge is 0.367 e. The van der Waals surface area contributed by atoms with Gasteiger partial charge in [0.25, 0.3) is 0 Å². The molecule has 0 aliphatic heterocycles. The number of nitrogens with zero attached hydrogens (tertiary/aromatic N) is 1. The van der Waals surface area contributed by atoms with Crippen LogP contribution >= 0.6 is 0 Å². The van der Waals surface area contributed by atoms with Gasteiger partial charge >= 0.3 is 0 Å². The highest BCUT2D eigenvalue weighted by atomic mass is 19.1. The fraction of sp³-hybridized carbons (Fsp3) is 0.357. The van der Waals surface area contributed by atoms with Crippen LogP contribution in [0.15, 0.2) is 28.8 Å². The van der Waals surface area contributed by atoms with Gasteiger partial charge in [-0.1, -0.05) is 31.1 Å². The van der Waals surface area contributed by atoms with Crippen LogP contribution in [-0.2, 0) is 0 Å². The third-order valence-electron chi connectivity index (χ3n) is 3.70. The predicted molar refractivity (Wildman–Crippen MR) is 67.4 cm³/mol. The zero-order valence-corrected chi connectivity index (χ0v) is 10.4. The lowest BCUT2D eigenvalue weighted by Crippen LogP contribution is -1.94. The molecule has 3 rings (SSSR count). The summed E-state index contributed by atoms with van der Waals surface area (Å²) in [6.07, 6.45) is 1.06. The van der Waals surface area contributed by atoms with Gasteiger partial charge in [0.05, 0.1) is 11.3 Å². The van der Waals surface area contributed by atoms with E-state index in [2.05, 4.69) is 19.0 Å². The van der Waals surface area contributed by atoms with Crippen LogP contribution in [0.4, 0.5) is 10.3 Å². The fourth-order valence-corrected chi connectivity index (χ4v) is 2.42. The molecule has 1 fully saturated rings. The van der Waals surface area contributed by atoms with Gasteiger partial charge in [0.2, 0.25) is 5.88 Å². The summed E-state index contributed by atoms with van der Waals surface area (Å²) in [6, 6.07) is 6.36. The molecule has 0 saturated heterocycles. The van der Waals surface area contributed by atoms with E-state index in [0.29, 0.717) is 5.92 Å². The number of hydrogen-bond acceptors (Lipinski definition) is 3. The number of nitrogen functional groups attached to an aromatic ring is 1. The van der Waals surface area contributed by atoms with Crippen molar-refractivity contribution in [2.75, 3.05) is 5.73 Å². The third-order valence-corrected chi connectivity index (χ3v) is 3.70. The van der Waals surface area contributed by atoms with Crippen LogP contribution in [0.1, 0.15) is 31.9 Å². The molecule has 2 N–H and O–H groups in total. The minimum atomic E-state index is -0.283. The van der Waals surface area contributed by atoms with Gasteiger partial charge < -0.3 is 10.3 Å². The smallest absolute Gasteiger partial charge is 0.230 e. The van der Waals surface area contributed by atoms with Gasteiger partial charge in [-0.15, -0.1) is 0 Å². The highest BCUT2D eigenvalue weighted by molar-refractivity contribution is 5.76. The second-order valence-electron chi connectivity index (χ2n) is 5.56. The maximum Gasteiger partial charge on any atom is 0.230 e. The fourth-order valence-electron chi connectivity index (χ4n) is 2.42. The summed E-state index contributed by atoms with van der Waals surface area (Å²) in [5.41, 5.74) is 8.37. The Morgan fingerprint density at radius 1 is 1.44 bits per heavy atom. The van der Waals surface area contributed by atoms with Crippen LogP contribution in [0.2, 0.25) is 0 Å². The monoisotopic (exact) mass is 246 g/mol. The van der Waals surface area contributed by atoms with E-state index < -0.39 is 0 Å². The molecule has 0 spiro atoms. The molecule has 1 aliphatic rings. The first kappa shape index (κ1) is 11.3. The molecule has 1 aromatic carbocycles. The number of hydrogen-bond donors (Lipinski definition) is 1. The van der Waals surface area contributed by atoms with Crippen LogP contribution in [0.3, 0.4) is 0 Å². The van der Waals surface area contributed by atoms with Crippen molar-refractivity contribution in [2.24, 2.45) is 5.41 Å². The molecule has 94 valence electrons. The van der Waals surface area contributed by atoms with Crippen molar-refractivity contribution in [3.8, 4) is 11.1 Å². The highest BCUT2D eigenvalue weighted by Gasteiger charge is 2.49. The van der Waals surface area contributed by atoms with Crippen LogP contribution in [0.25, 0.3) is 11.1 Å². The molecule has 1 aromatic heterocycles. The van der Waals surface area contributed by atoms with E-state index in [4.69, 9.17) is 10.3 Å². The maximum atomic E-state index is 13.3. The first-order chi connectivity index (χ1) is 8.49. The van der Waals surface area contributed by atoms with Crippen molar-refractivity contribution in [3.63, 3.8) is 0 Å². The van der Waals surface area contributed by atoms with Crippen molar-refractivity contribution in [3.05, 3.63) is 35.8 Å². The van der Waals surface area contributed by atoms with E-state index >= 15 is 0 Å². The Balaban J connectivity index is 2.09. The number of halogens is 1. The van der Waals surface area contributed by atoms with E-state index in [1.54, 1.807) is 6.07 Å². The van der Waals surface area contributed by atoms with Crippen molar-refractivity contribution in [1.82, 2.24) is 5.16 Å². The van der Waals surface area contributed by atoms with Gasteiger partial charge in [-0.25, -0.2) is 4.39 Å². The van der Waals surface area contributed by atoms with Gasteiger partial charge in [0.15, 0.2) is 0 Å². The lowest BCUT2D eigenvalue weighted by atomic mass is 9.99. The molecule has 1 unspecified atom stereocenters. The topological polar surface area (TPSA) is 52.0 Å². The molecule has 1 heterocycles. The number of aromatic nitrogens is 1. The molecule has 0 amide bonds. The Labute approximate surface area is 105 Å². The number of nitrogens with two attached hydrogens (primary N) is 1. The van der Waals surface area contributed by atoms with Crippen molar-refractivity contribution >= 4 is 5.88 Å². The van der Waals surface area contributed by atoms with Crippen LogP contribution in [-0.4, -0.2) is 5.16 Å².